The minimum absolute atomic E-state index is 0.104. The van der Waals surface area contributed by atoms with E-state index in [9.17, 15) is 9.59 Å². The van der Waals surface area contributed by atoms with Crippen LogP contribution in [0.4, 0.5) is 0 Å². The lowest BCUT2D eigenvalue weighted by molar-refractivity contribution is 0.00671. The number of nitrogens with one attached hydrogen (secondary N) is 1. The van der Waals surface area contributed by atoms with Crippen LogP contribution in [0.25, 0.3) is 0 Å². The summed E-state index contributed by atoms with van der Waals surface area (Å²) in [7, 11) is 0. The molecule has 1 saturated heterocycles. The van der Waals surface area contributed by atoms with Crippen molar-refractivity contribution < 1.29 is 18.7 Å². The van der Waals surface area contributed by atoms with Crippen molar-refractivity contribution in [2.24, 2.45) is 0 Å². The number of hydrogen-bond donors (Lipinski definition) is 1. The third-order valence-electron chi connectivity index (χ3n) is 4.72. The molecule has 0 unspecified atom stereocenters. The fourth-order valence-corrected chi connectivity index (χ4v) is 3.30. The molecule has 1 spiro atoms. The lowest BCUT2D eigenvalue weighted by Crippen LogP contribution is -2.54. The van der Waals surface area contributed by atoms with Crippen LogP contribution in [0, 0.1) is 0 Å². The Morgan fingerprint density at radius 1 is 1.12 bits per heavy atom. The zero-order valence-electron chi connectivity index (χ0n) is 13.2. The number of likely N-dealkylation sites (tertiary alicyclic amines) is 1. The van der Waals surface area contributed by atoms with Gasteiger partial charge >= 0.3 is 0 Å². The van der Waals surface area contributed by atoms with Crippen molar-refractivity contribution in [1.82, 2.24) is 10.2 Å². The zero-order valence-corrected chi connectivity index (χ0v) is 13.2. The molecule has 2 aromatic rings. The van der Waals surface area contributed by atoms with E-state index in [-0.39, 0.29) is 11.8 Å². The number of rotatable bonds is 1. The van der Waals surface area contributed by atoms with E-state index in [0.29, 0.717) is 49.5 Å². The number of fused-ring (bicyclic) bond motifs is 1. The predicted octanol–water partition coefficient (Wildman–Crippen LogP) is 2.08. The Morgan fingerprint density at radius 3 is 2.67 bits per heavy atom. The summed E-state index contributed by atoms with van der Waals surface area (Å²) in [6, 6.07) is 10.7. The molecule has 1 aromatic carbocycles. The standard InChI is InChI=1S/C18H18N2O4/c21-16-13-4-1-2-5-14(13)24-18(12-19-16)7-9-20(10-8-18)17(22)15-6-3-11-23-15/h1-6,11H,7-10,12H2,(H,19,21). The minimum Gasteiger partial charge on any atom is -0.484 e. The highest BCUT2D eigenvalue weighted by atomic mass is 16.5. The molecule has 2 aliphatic rings. The summed E-state index contributed by atoms with van der Waals surface area (Å²) in [5.41, 5.74) is 0.0887. The number of furan rings is 1. The van der Waals surface area contributed by atoms with E-state index in [4.69, 9.17) is 9.15 Å². The van der Waals surface area contributed by atoms with E-state index in [0.717, 1.165) is 0 Å². The fraction of sp³-hybridized carbons (Fsp3) is 0.333. The van der Waals surface area contributed by atoms with E-state index in [1.807, 2.05) is 18.2 Å². The van der Waals surface area contributed by atoms with E-state index >= 15 is 0 Å². The molecular weight excluding hydrogens is 308 g/mol. The molecule has 2 amide bonds. The van der Waals surface area contributed by atoms with Gasteiger partial charge in [0.2, 0.25) is 0 Å². The summed E-state index contributed by atoms with van der Waals surface area (Å²) in [5.74, 6) is 0.745. The third-order valence-corrected chi connectivity index (χ3v) is 4.72. The summed E-state index contributed by atoms with van der Waals surface area (Å²) in [5, 5.41) is 2.95. The lowest BCUT2D eigenvalue weighted by atomic mass is 9.90. The van der Waals surface area contributed by atoms with Crippen LogP contribution >= 0.6 is 0 Å². The van der Waals surface area contributed by atoms with Crippen LogP contribution < -0.4 is 10.1 Å². The molecule has 2 aliphatic heterocycles. The fourth-order valence-electron chi connectivity index (χ4n) is 3.30. The van der Waals surface area contributed by atoms with Gasteiger partial charge < -0.3 is 19.4 Å². The quantitative estimate of drug-likeness (QED) is 0.871. The lowest BCUT2D eigenvalue weighted by Gasteiger charge is -2.40. The average Bonchev–Trinajstić information content (AvgIpc) is 3.11. The number of carbonyl (C=O) groups excluding carboxylic acids is 2. The smallest absolute Gasteiger partial charge is 0.289 e. The van der Waals surface area contributed by atoms with Gasteiger partial charge in [-0.3, -0.25) is 9.59 Å². The van der Waals surface area contributed by atoms with E-state index in [1.165, 1.54) is 6.26 Å². The summed E-state index contributed by atoms with van der Waals surface area (Å²) >= 11 is 0. The largest absolute Gasteiger partial charge is 0.484 e. The summed E-state index contributed by atoms with van der Waals surface area (Å²) < 4.78 is 11.4. The van der Waals surface area contributed by atoms with Gasteiger partial charge in [-0.2, -0.15) is 0 Å². The Labute approximate surface area is 139 Å². The Morgan fingerprint density at radius 2 is 1.92 bits per heavy atom. The Balaban J connectivity index is 1.51. The molecule has 0 atom stereocenters. The van der Waals surface area contributed by atoms with Crippen molar-refractivity contribution in [3.05, 3.63) is 54.0 Å². The molecule has 24 heavy (non-hydrogen) atoms. The van der Waals surface area contributed by atoms with Gasteiger partial charge in [-0.05, 0) is 24.3 Å². The number of piperidine rings is 1. The highest BCUT2D eigenvalue weighted by molar-refractivity contribution is 5.97. The highest BCUT2D eigenvalue weighted by Crippen LogP contribution is 2.33. The van der Waals surface area contributed by atoms with Crippen LogP contribution in [0.2, 0.25) is 0 Å². The topological polar surface area (TPSA) is 71.8 Å². The summed E-state index contributed by atoms with van der Waals surface area (Å²) in [4.78, 5) is 26.3. The molecule has 3 heterocycles. The van der Waals surface area contributed by atoms with Crippen molar-refractivity contribution in [2.45, 2.75) is 18.4 Å². The molecule has 0 radical (unpaired) electrons. The van der Waals surface area contributed by atoms with Gasteiger partial charge in [0.25, 0.3) is 11.8 Å². The zero-order chi connectivity index (χ0) is 16.6. The molecule has 6 heteroatoms. The first kappa shape index (κ1) is 14.8. The molecule has 124 valence electrons. The second-order valence-electron chi connectivity index (χ2n) is 6.23. The van der Waals surface area contributed by atoms with Gasteiger partial charge in [-0.1, -0.05) is 12.1 Å². The molecule has 1 aromatic heterocycles. The second-order valence-corrected chi connectivity index (χ2v) is 6.23. The third kappa shape index (κ3) is 2.54. The number of amides is 2. The summed E-state index contributed by atoms with van der Waals surface area (Å²) in [6.07, 6.45) is 2.82. The molecule has 0 aliphatic carbocycles. The van der Waals surface area contributed by atoms with Gasteiger partial charge in [0.05, 0.1) is 18.4 Å². The first-order valence-electron chi connectivity index (χ1n) is 8.06. The number of ether oxygens (including phenoxy) is 1. The number of nitrogens with zero attached hydrogens (tertiary/aromatic N) is 1. The van der Waals surface area contributed by atoms with Crippen molar-refractivity contribution in [3.8, 4) is 5.75 Å². The normalized spacial score (nSPS) is 19.2. The summed E-state index contributed by atoms with van der Waals surface area (Å²) in [6.45, 7) is 1.58. The monoisotopic (exact) mass is 326 g/mol. The van der Waals surface area contributed by atoms with Gasteiger partial charge in [0, 0.05) is 25.9 Å². The number of carbonyl (C=O) groups is 2. The van der Waals surface area contributed by atoms with Crippen LogP contribution in [-0.4, -0.2) is 41.9 Å². The Bertz CT molecular complexity index is 761. The average molecular weight is 326 g/mol. The predicted molar refractivity (Wildman–Crippen MR) is 86.0 cm³/mol. The first-order valence-corrected chi connectivity index (χ1v) is 8.06. The molecule has 1 N–H and O–H groups in total. The highest BCUT2D eigenvalue weighted by Gasteiger charge is 2.41. The van der Waals surface area contributed by atoms with Gasteiger partial charge in [-0.25, -0.2) is 0 Å². The SMILES string of the molecule is O=C1NCC2(CCN(C(=O)c3ccco3)CC2)Oc2ccccc21. The second kappa shape index (κ2) is 5.70. The Kier molecular flexibility index (Phi) is 3.52. The van der Waals surface area contributed by atoms with Crippen molar-refractivity contribution in [3.63, 3.8) is 0 Å². The van der Waals surface area contributed by atoms with Crippen LogP contribution in [0.15, 0.2) is 47.1 Å². The van der Waals surface area contributed by atoms with Gasteiger partial charge in [0.1, 0.15) is 11.4 Å². The number of hydrogen-bond acceptors (Lipinski definition) is 4. The van der Waals surface area contributed by atoms with Crippen LogP contribution in [0.1, 0.15) is 33.8 Å². The molecule has 4 rings (SSSR count). The molecule has 0 bridgehead atoms. The molecule has 0 saturated carbocycles. The molecule has 6 nitrogen and oxygen atoms in total. The molecular formula is C18H18N2O4. The first-order chi connectivity index (χ1) is 11.7. The Hall–Kier alpha value is -2.76. The molecule has 1 fully saturated rings. The van der Waals surface area contributed by atoms with Gasteiger partial charge in [0.15, 0.2) is 5.76 Å². The van der Waals surface area contributed by atoms with Crippen molar-refractivity contribution in [2.75, 3.05) is 19.6 Å². The van der Waals surface area contributed by atoms with Crippen LogP contribution in [0.3, 0.4) is 0 Å². The van der Waals surface area contributed by atoms with Crippen LogP contribution in [0.5, 0.6) is 5.75 Å². The van der Waals surface area contributed by atoms with E-state index < -0.39 is 5.60 Å². The van der Waals surface area contributed by atoms with Crippen molar-refractivity contribution in [1.29, 1.82) is 0 Å². The maximum atomic E-state index is 12.4. The van der Waals surface area contributed by atoms with E-state index in [2.05, 4.69) is 5.32 Å². The number of benzene rings is 1. The maximum absolute atomic E-state index is 12.4. The van der Waals surface area contributed by atoms with E-state index in [1.54, 1.807) is 23.1 Å². The maximum Gasteiger partial charge on any atom is 0.289 e. The van der Waals surface area contributed by atoms with Crippen LogP contribution in [-0.2, 0) is 0 Å². The minimum atomic E-state index is -0.470. The number of para-hydroxylation sites is 1. The van der Waals surface area contributed by atoms with Crippen molar-refractivity contribution >= 4 is 11.8 Å². The van der Waals surface area contributed by atoms with Gasteiger partial charge in [-0.15, -0.1) is 0 Å².